The minimum absolute atomic E-state index is 0.0151. The van der Waals surface area contributed by atoms with Gasteiger partial charge >= 0.3 is 11.9 Å². The first-order valence-electron chi connectivity index (χ1n) is 23.7. The van der Waals surface area contributed by atoms with Gasteiger partial charge in [-0.05, 0) is 72.8 Å². The first kappa shape index (κ1) is 44.6. The standard InChI is InChI=1S/C58H38N2O14/c61-45(69-29-35-27-67-35)25-59-55(63)37-21-41(71-31-13-5-1-6-14-31)49-50-42(72-32-15-7-2-8-16-32)22-39-48-40(58(66)60(57(39)65)26-46(62)70-30-36-28-68-36)24-44(74-34-19-11-4-12-20-34)52(54(48)50)51-43(73-33-17-9-3-10-18-33)23-38(56(59)64)47(37)53(49)51/h1-24,35-36H,25-30H2. The normalized spacial score (nSPS) is 16.5. The van der Waals surface area contributed by atoms with Crippen LogP contribution in [-0.4, -0.2) is 97.1 Å². The Kier molecular flexibility index (Phi) is 10.7. The number of esters is 2. The summed E-state index contributed by atoms with van der Waals surface area (Å²) in [6.45, 7) is -0.630. The number of rotatable bonds is 16. The van der Waals surface area contributed by atoms with Crippen molar-refractivity contribution < 1.29 is 66.7 Å². The van der Waals surface area contributed by atoms with Gasteiger partial charge in [-0.15, -0.1) is 0 Å². The molecule has 4 heterocycles. The van der Waals surface area contributed by atoms with E-state index in [1.165, 1.54) is 24.3 Å². The molecule has 0 saturated carbocycles. The predicted molar refractivity (Wildman–Crippen MR) is 266 cm³/mol. The number of epoxide rings is 2. The Balaban J connectivity index is 1.17. The summed E-state index contributed by atoms with van der Waals surface area (Å²) < 4.78 is 48.7. The predicted octanol–water partition coefficient (Wildman–Crippen LogP) is 9.98. The van der Waals surface area contributed by atoms with E-state index < -0.39 is 48.7 Å². The third-order valence-corrected chi connectivity index (χ3v) is 13.2. The SMILES string of the molecule is O=C(CN1C(=O)c2cc(Oc3ccccc3)c3c4c(Oc5ccccc5)cc5c6c(cc(Oc7ccccc7)c(c7c(Oc8ccccc8)cc(c2c37)C1=O)c64)C(=O)N(CC(=O)OCC1CO1)C5=O)OCC1CO1. The molecule has 4 amide bonds. The van der Waals surface area contributed by atoms with Gasteiger partial charge < -0.3 is 37.9 Å². The molecular formula is C58H38N2O14. The Hall–Kier alpha value is -9.38. The molecule has 2 unspecified atom stereocenters. The molecule has 4 aliphatic heterocycles. The van der Waals surface area contributed by atoms with Gasteiger partial charge in [0, 0.05) is 43.1 Å². The van der Waals surface area contributed by atoms with Crippen molar-refractivity contribution in [3.63, 3.8) is 0 Å². The van der Waals surface area contributed by atoms with Gasteiger partial charge in [-0.3, -0.25) is 38.6 Å². The van der Waals surface area contributed by atoms with E-state index >= 15 is 19.2 Å². The molecule has 0 N–H and O–H groups in total. The summed E-state index contributed by atoms with van der Waals surface area (Å²) in [7, 11) is 0. The van der Waals surface area contributed by atoms with E-state index in [0.29, 0.717) is 68.5 Å². The average Bonchev–Trinajstić information content (AvgIpc) is 4.45. The molecule has 2 atom stereocenters. The molecule has 9 aromatic rings. The number of ether oxygens (including phenoxy) is 8. The smallest absolute Gasteiger partial charge is 0.326 e. The van der Waals surface area contributed by atoms with Crippen LogP contribution in [0.2, 0.25) is 0 Å². The zero-order valence-corrected chi connectivity index (χ0v) is 38.9. The number of amides is 4. The Morgan fingerprint density at radius 2 is 0.649 bits per heavy atom. The Morgan fingerprint density at radius 3 is 0.892 bits per heavy atom. The molecule has 0 bridgehead atoms. The lowest BCUT2D eigenvalue weighted by molar-refractivity contribution is -0.145. The molecular weight excluding hydrogens is 949 g/mol. The molecule has 9 aromatic carbocycles. The fraction of sp³-hybridized carbons (Fsp3) is 0.138. The van der Waals surface area contributed by atoms with Crippen molar-refractivity contribution in [2.45, 2.75) is 12.2 Å². The Labute approximate surface area is 419 Å². The molecule has 0 aliphatic carbocycles. The number of hydrogen-bond acceptors (Lipinski definition) is 14. The van der Waals surface area contributed by atoms with Crippen molar-refractivity contribution in [2.24, 2.45) is 0 Å². The first-order chi connectivity index (χ1) is 36.2. The van der Waals surface area contributed by atoms with Gasteiger partial charge in [0.25, 0.3) is 23.6 Å². The molecule has 0 aromatic heterocycles. The summed E-state index contributed by atoms with van der Waals surface area (Å²) in [6.07, 6.45) is -0.518. The maximum atomic E-state index is 15.1. The molecule has 364 valence electrons. The molecule has 16 nitrogen and oxygen atoms in total. The highest BCUT2D eigenvalue weighted by molar-refractivity contribution is 6.45. The summed E-state index contributed by atoms with van der Waals surface area (Å²) in [4.78, 5) is 88.7. The minimum atomic E-state index is -0.816. The molecule has 2 saturated heterocycles. The number of hydrogen-bond donors (Lipinski definition) is 0. The van der Waals surface area contributed by atoms with E-state index in [9.17, 15) is 9.59 Å². The molecule has 13 rings (SSSR count). The lowest BCUT2D eigenvalue weighted by atomic mass is 9.80. The zero-order valence-electron chi connectivity index (χ0n) is 38.9. The topological polar surface area (TPSA) is 189 Å². The van der Waals surface area contributed by atoms with Gasteiger partial charge in [-0.25, -0.2) is 0 Å². The van der Waals surface area contributed by atoms with Crippen LogP contribution in [0.4, 0.5) is 0 Å². The monoisotopic (exact) mass is 986 g/mol. The molecule has 74 heavy (non-hydrogen) atoms. The van der Waals surface area contributed by atoms with Crippen LogP contribution in [0.5, 0.6) is 46.0 Å². The minimum Gasteiger partial charge on any atom is -0.461 e. The quantitative estimate of drug-likeness (QED) is 0.0292. The van der Waals surface area contributed by atoms with Gasteiger partial charge in [0.1, 0.15) is 84.5 Å². The number of imide groups is 2. The number of carbonyl (C=O) groups excluding carboxylic acids is 6. The van der Waals surface area contributed by atoms with Crippen molar-refractivity contribution in [1.82, 2.24) is 9.80 Å². The van der Waals surface area contributed by atoms with Gasteiger partial charge in [-0.2, -0.15) is 0 Å². The number of nitrogens with zero attached hydrogens (tertiary/aromatic N) is 2. The highest BCUT2D eigenvalue weighted by Crippen LogP contribution is 2.58. The van der Waals surface area contributed by atoms with Crippen LogP contribution < -0.4 is 18.9 Å². The maximum absolute atomic E-state index is 15.1. The largest absolute Gasteiger partial charge is 0.461 e. The van der Waals surface area contributed by atoms with Crippen LogP contribution in [0.3, 0.4) is 0 Å². The zero-order chi connectivity index (χ0) is 50.2. The van der Waals surface area contributed by atoms with Crippen LogP contribution >= 0.6 is 0 Å². The molecule has 4 aliphatic rings. The van der Waals surface area contributed by atoms with Crippen LogP contribution in [0, 0.1) is 0 Å². The van der Waals surface area contributed by atoms with E-state index in [-0.39, 0.29) is 81.4 Å². The fourth-order valence-electron chi connectivity index (χ4n) is 9.73. The summed E-state index contributed by atoms with van der Waals surface area (Å²) >= 11 is 0. The van der Waals surface area contributed by atoms with Crippen LogP contribution in [-0.2, 0) is 28.5 Å². The lowest BCUT2D eigenvalue weighted by Gasteiger charge is -2.32. The van der Waals surface area contributed by atoms with Gasteiger partial charge in [0.15, 0.2) is 0 Å². The highest BCUT2D eigenvalue weighted by atomic mass is 16.6. The van der Waals surface area contributed by atoms with Gasteiger partial charge in [-0.1, -0.05) is 72.8 Å². The van der Waals surface area contributed by atoms with Crippen molar-refractivity contribution in [3.8, 4) is 46.0 Å². The number of carbonyl (C=O) groups is 6. The van der Waals surface area contributed by atoms with Crippen molar-refractivity contribution >= 4 is 78.7 Å². The maximum Gasteiger partial charge on any atom is 0.326 e. The third-order valence-electron chi connectivity index (χ3n) is 13.2. The molecule has 16 heteroatoms. The number of benzene rings is 9. The van der Waals surface area contributed by atoms with E-state index in [4.69, 9.17) is 37.9 Å². The highest BCUT2D eigenvalue weighted by Gasteiger charge is 2.43. The Morgan fingerprint density at radius 1 is 0.392 bits per heavy atom. The lowest BCUT2D eigenvalue weighted by Crippen LogP contribution is -2.44. The second-order valence-electron chi connectivity index (χ2n) is 18.0. The summed E-state index contributed by atoms with van der Waals surface area (Å²) in [5, 5.41) is 2.23. The second-order valence-corrected chi connectivity index (χ2v) is 18.0. The van der Waals surface area contributed by atoms with Crippen LogP contribution in [0.1, 0.15) is 41.4 Å². The average molecular weight is 987 g/mol. The number of fused-ring (bicyclic) bond motifs is 2. The van der Waals surface area contributed by atoms with Crippen LogP contribution in [0.25, 0.3) is 43.1 Å². The van der Waals surface area contributed by atoms with Crippen molar-refractivity contribution in [2.75, 3.05) is 39.5 Å². The van der Waals surface area contributed by atoms with E-state index in [1.54, 1.807) is 97.1 Å². The summed E-state index contributed by atoms with van der Waals surface area (Å²) in [5.74, 6) is -2.96. The summed E-state index contributed by atoms with van der Waals surface area (Å²) in [5.41, 5.74) is 0.0606. The van der Waals surface area contributed by atoms with E-state index in [1.807, 2.05) is 24.3 Å². The molecule has 0 radical (unpaired) electrons. The third kappa shape index (κ3) is 7.80. The van der Waals surface area contributed by atoms with Crippen molar-refractivity contribution in [3.05, 3.63) is 168 Å². The van der Waals surface area contributed by atoms with Crippen LogP contribution in [0.15, 0.2) is 146 Å². The summed E-state index contributed by atoms with van der Waals surface area (Å²) in [6, 6.07) is 41.4. The van der Waals surface area contributed by atoms with Gasteiger partial charge in [0.05, 0.1) is 35.5 Å². The van der Waals surface area contributed by atoms with E-state index in [0.717, 1.165) is 9.80 Å². The second kappa shape index (κ2) is 17.7. The van der Waals surface area contributed by atoms with Gasteiger partial charge in [0.2, 0.25) is 0 Å². The fourth-order valence-corrected chi connectivity index (χ4v) is 9.73. The number of para-hydroxylation sites is 4. The van der Waals surface area contributed by atoms with E-state index in [2.05, 4.69) is 0 Å². The first-order valence-corrected chi connectivity index (χ1v) is 23.7. The Bertz CT molecular complexity index is 3360. The molecule has 0 spiro atoms. The van der Waals surface area contributed by atoms with Crippen molar-refractivity contribution in [1.29, 1.82) is 0 Å². The molecule has 2 fully saturated rings.